The molecular formula is C18H13ClF2N2O5. The van der Waals surface area contributed by atoms with Crippen molar-refractivity contribution in [3.05, 3.63) is 52.5 Å². The maximum atomic E-state index is 12.3. The van der Waals surface area contributed by atoms with Crippen LogP contribution in [0, 0.1) is 11.3 Å². The highest BCUT2D eigenvalue weighted by Gasteiger charge is 2.16. The molecule has 0 bridgehead atoms. The second-order valence-corrected chi connectivity index (χ2v) is 5.58. The molecule has 0 radical (unpaired) electrons. The lowest BCUT2D eigenvalue weighted by molar-refractivity contribution is -0.119. The van der Waals surface area contributed by atoms with Gasteiger partial charge in [-0.05, 0) is 36.4 Å². The second-order valence-electron chi connectivity index (χ2n) is 5.17. The molecule has 28 heavy (non-hydrogen) atoms. The van der Waals surface area contributed by atoms with Crippen molar-refractivity contribution in [1.29, 1.82) is 5.26 Å². The average Bonchev–Trinajstić information content (AvgIpc) is 2.66. The van der Waals surface area contributed by atoms with Crippen LogP contribution in [0.5, 0.6) is 11.5 Å². The number of carbonyl (C=O) groups is 2. The summed E-state index contributed by atoms with van der Waals surface area (Å²) >= 11 is 5.87. The lowest BCUT2D eigenvalue weighted by Gasteiger charge is -2.11. The maximum absolute atomic E-state index is 12.3. The molecule has 2 aromatic carbocycles. The van der Waals surface area contributed by atoms with Gasteiger partial charge in [-0.25, -0.2) is 4.79 Å². The van der Waals surface area contributed by atoms with Gasteiger partial charge in [-0.3, -0.25) is 4.79 Å². The van der Waals surface area contributed by atoms with E-state index < -0.39 is 25.1 Å². The Morgan fingerprint density at radius 3 is 2.57 bits per heavy atom. The van der Waals surface area contributed by atoms with E-state index in [1.807, 2.05) is 6.07 Å². The lowest BCUT2D eigenvalue weighted by Crippen LogP contribution is -2.21. The van der Waals surface area contributed by atoms with Crippen molar-refractivity contribution in [2.45, 2.75) is 6.61 Å². The van der Waals surface area contributed by atoms with Gasteiger partial charge in [-0.1, -0.05) is 11.6 Å². The summed E-state index contributed by atoms with van der Waals surface area (Å²) in [5.74, 6) is -1.84. The van der Waals surface area contributed by atoms with Crippen molar-refractivity contribution in [3.63, 3.8) is 0 Å². The van der Waals surface area contributed by atoms with Gasteiger partial charge in [0, 0.05) is 5.69 Å². The van der Waals surface area contributed by atoms with E-state index in [-0.39, 0.29) is 27.6 Å². The van der Waals surface area contributed by atoms with E-state index >= 15 is 0 Å². The van der Waals surface area contributed by atoms with Crippen molar-refractivity contribution in [2.24, 2.45) is 0 Å². The van der Waals surface area contributed by atoms with Crippen molar-refractivity contribution in [2.75, 3.05) is 19.0 Å². The Morgan fingerprint density at radius 2 is 1.96 bits per heavy atom. The molecule has 0 heterocycles. The molecule has 2 rings (SSSR count). The van der Waals surface area contributed by atoms with Crippen LogP contribution < -0.4 is 14.8 Å². The number of carbonyl (C=O) groups excluding carboxylic acids is 2. The Bertz CT molecular complexity index is 931. The summed E-state index contributed by atoms with van der Waals surface area (Å²) in [5.41, 5.74) is 0.548. The molecule has 0 aliphatic carbocycles. The van der Waals surface area contributed by atoms with Crippen LogP contribution in [-0.4, -0.2) is 32.2 Å². The zero-order valence-electron chi connectivity index (χ0n) is 14.4. The highest BCUT2D eigenvalue weighted by Crippen LogP contribution is 2.29. The molecule has 10 heteroatoms. The third-order valence-corrected chi connectivity index (χ3v) is 3.64. The van der Waals surface area contributed by atoms with Crippen LogP contribution in [0.3, 0.4) is 0 Å². The molecule has 0 aliphatic heterocycles. The average molecular weight is 411 g/mol. The first kappa shape index (κ1) is 20.9. The van der Waals surface area contributed by atoms with Crippen molar-refractivity contribution < 1.29 is 32.6 Å². The van der Waals surface area contributed by atoms with Gasteiger partial charge in [0.25, 0.3) is 5.91 Å². The van der Waals surface area contributed by atoms with Gasteiger partial charge in [-0.15, -0.1) is 0 Å². The van der Waals surface area contributed by atoms with Crippen LogP contribution in [0.1, 0.15) is 15.9 Å². The zero-order chi connectivity index (χ0) is 20.7. The molecular weight excluding hydrogens is 398 g/mol. The van der Waals surface area contributed by atoms with Crippen molar-refractivity contribution in [3.8, 4) is 17.6 Å². The number of hydrogen-bond acceptors (Lipinski definition) is 6. The molecule has 0 aliphatic rings. The van der Waals surface area contributed by atoms with Gasteiger partial charge in [0.1, 0.15) is 6.07 Å². The number of rotatable bonds is 7. The number of methoxy groups -OCH3 is 1. The van der Waals surface area contributed by atoms with E-state index in [0.29, 0.717) is 5.69 Å². The Labute approximate surface area is 163 Å². The molecule has 7 nitrogen and oxygen atoms in total. The summed E-state index contributed by atoms with van der Waals surface area (Å²) in [4.78, 5) is 23.9. The summed E-state index contributed by atoms with van der Waals surface area (Å²) in [5, 5.41) is 11.4. The van der Waals surface area contributed by atoms with Gasteiger partial charge in [0.05, 0.1) is 23.3 Å². The Morgan fingerprint density at radius 1 is 1.21 bits per heavy atom. The molecule has 2 aromatic rings. The molecule has 0 fully saturated rings. The number of amides is 1. The first-order chi connectivity index (χ1) is 13.3. The number of alkyl halides is 2. The predicted octanol–water partition coefficient (Wildman–Crippen LogP) is 3.62. The van der Waals surface area contributed by atoms with E-state index in [1.54, 1.807) is 0 Å². The van der Waals surface area contributed by atoms with E-state index in [2.05, 4.69) is 10.1 Å². The first-order valence-corrected chi connectivity index (χ1v) is 8.01. The Balaban J connectivity index is 1.97. The molecule has 0 saturated carbocycles. The fraction of sp³-hybridized carbons (Fsp3) is 0.167. The molecule has 1 amide bonds. The summed E-state index contributed by atoms with van der Waals surface area (Å²) in [6, 6.07) is 9.63. The van der Waals surface area contributed by atoms with E-state index in [4.69, 9.17) is 26.3 Å². The van der Waals surface area contributed by atoms with Crippen LogP contribution in [0.4, 0.5) is 14.5 Å². The third kappa shape index (κ3) is 5.56. The highest BCUT2D eigenvalue weighted by atomic mass is 35.5. The number of anilines is 1. The zero-order valence-corrected chi connectivity index (χ0v) is 15.1. The number of nitrogens with zero attached hydrogens (tertiary/aromatic N) is 1. The highest BCUT2D eigenvalue weighted by molar-refractivity contribution is 6.32. The van der Waals surface area contributed by atoms with Gasteiger partial charge in [0.15, 0.2) is 18.1 Å². The summed E-state index contributed by atoms with van der Waals surface area (Å²) in [7, 11) is 1.22. The maximum Gasteiger partial charge on any atom is 0.387 e. The van der Waals surface area contributed by atoms with Crippen LogP contribution in [0.2, 0.25) is 5.02 Å². The number of benzene rings is 2. The minimum Gasteiger partial charge on any atom is -0.493 e. The number of ether oxygens (including phenoxy) is 3. The number of esters is 1. The number of hydrogen-bond donors (Lipinski definition) is 1. The van der Waals surface area contributed by atoms with Crippen molar-refractivity contribution >= 4 is 29.2 Å². The summed E-state index contributed by atoms with van der Waals surface area (Å²) in [6.07, 6.45) is 0. The largest absolute Gasteiger partial charge is 0.493 e. The smallest absolute Gasteiger partial charge is 0.387 e. The third-order valence-electron chi connectivity index (χ3n) is 3.32. The second kappa shape index (κ2) is 9.53. The Kier molecular flexibility index (Phi) is 7.12. The predicted molar refractivity (Wildman–Crippen MR) is 94.7 cm³/mol. The van der Waals surface area contributed by atoms with Crippen molar-refractivity contribution in [1.82, 2.24) is 0 Å². The van der Waals surface area contributed by atoms with E-state index in [1.165, 1.54) is 31.4 Å². The van der Waals surface area contributed by atoms with Crippen LogP contribution in [0.15, 0.2) is 36.4 Å². The normalized spacial score (nSPS) is 10.1. The van der Waals surface area contributed by atoms with Gasteiger partial charge < -0.3 is 19.5 Å². The number of halogens is 3. The van der Waals surface area contributed by atoms with Gasteiger partial charge >= 0.3 is 12.6 Å². The fourth-order valence-electron chi connectivity index (χ4n) is 2.08. The molecule has 0 aromatic heterocycles. The number of nitrogens with one attached hydrogen (secondary N) is 1. The minimum absolute atomic E-state index is 0.0207. The van der Waals surface area contributed by atoms with Crippen LogP contribution >= 0.6 is 11.6 Å². The molecule has 146 valence electrons. The molecule has 0 atom stereocenters. The topological polar surface area (TPSA) is 97.6 Å². The molecule has 0 spiro atoms. The monoisotopic (exact) mass is 410 g/mol. The quantitative estimate of drug-likeness (QED) is 0.700. The minimum atomic E-state index is -3.05. The number of nitriles is 1. The lowest BCUT2D eigenvalue weighted by atomic mass is 10.2. The first-order valence-electron chi connectivity index (χ1n) is 7.63. The molecule has 1 N–H and O–H groups in total. The molecule has 0 unspecified atom stereocenters. The Hall–Kier alpha value is -3.38. The van der Waals surface area contributed by atoms with Gasteiger partial charge in [0.2, 0.25) is 0 Å². The summed E-state index contributed by atoms with van der Waals surface area (Å²) in [6.45, 7) is -3.65. The van der Waals surface area contributed by atoms with Crippen LogP contribution in [0.25, 0.3) is 0 Å². The molecule has 0 saturated heterocycles. The van der Waals surface area contributed by atoms with E-state index in [9.17, 15) is 18.4 Å². The summed E-state index contributed by atoms with van der Waals surface area (Å²) < 4.78 is 38.7. The fourth-order valence-corrected chi connectivity index (χ4v) is 2.31. The SMILES string of the molecule is COc1cc(C(=O)OCC(=O)Nc2ccc(C#N)c(Cl)c2)ccc1OC(F)F. The van der Waals surface area contributed by atoms with E-state index in [0.717, 1.165) is 12.1 Å². The standard InChI is InChI=1S/C18H13ClF2N2O5/c1-26-15-6-10(3-5-14(15)28-18(20)21)17(25)27-9-16(24)23-12-4-2-11(8-22)13(19)7-12/h2-7,18H,9H2,1H3,(H,23,24). The van der Waals surface area contributed by atoms with Crippen LogP contribution in [-0.2, 0) is 9.53 Å². The van der Waals surface area contributed by atoms with Gasteiger partial charge in [-0.2, -0.15) is 14.0 Å².